The van der Waals surface area contributed by atoms with Crippen molar-refractivity contribution in [2.45, 2.75) is 57.0 Å². The summed E-state index contributed by atoms with van der Waals surface area (Å²) in [6.45, 7) is 2.52. The lowest BCUT2D eigenvalue weighted by molar-refractivity contribution is -0.134. The van der Waals surface area contributed by atoms with Crippen molar-refractivity contribution in [2.75, 3.05) is 19.6 Å². The van der Waals surface area contributed by atoms with Crippen LogP contribution in [0.2, 0.25) is 0 Å². The summed E-state index contributed by atoms with van der Waals surface area (Å²) in [5, 5.41) is 6.63. The number of carbonyl (C=O) groups excluding carboxylic acids is 2. The van der Waals surface area contributed by atoms with Crippen molar-refractivity contribution in [3.63, 3.8) is 0 Å². The summed E-state index contributed by atoms with van der Waals surface area (Å²) < 4.78 is 0. The fraction of sp³-hybridized carbons (Fsp3) is 0.875. The molecule has 0 aromatic heterocycles. The fourth-order valence-electron chi connectivity index (χ4n) is 4.59. The molecular weight excluding hydrogens is 302 g/mol. The summed E-state index contributed by atoms with van der Waals surface area (Å²) >= 11 is 0. The number of likely N-dealkylation sites (tertiary alicyclic amines) is 1. The molecule has 2 N–H and O–H groups in total. The topological polar surface area (TPSA) is 61.4 Å². The van der Waals surface area contributed by atoms with Gasteiger partial charge in [-0.2, -0.15) is 0 Å². The largest absolute Gasteiger partial charge is 0.351 e. The van der Waals surface area contributed by atoms with Crippen molar-refractivity contribution in [1.82, 2.24) is 15.5 Å². The normalized spacial score (nSPS) is 37.6. The molecule has 0 spiro atoms. The van der Waals surface area contributed by atoms with Crippen LogP contribution in [0.1, 0.15) is 44.9 Å². The van der Waals surface area contributed by atoms with Gasteiger partial charge in [0.1, 0.15) is 0 Å². The monoisotopic (exact) mass is 327 g/mol. The van der Waals surface area contributed by atoms with E-state index in [0.29, 0.717) is 18.4 Å². The average Bonchev–Trinajstić information content (AvgIpc) is 3.11. The Hall–Kier alpha value is -0.810. The second-order valence-corrected chi connectivity index (χ2v) is 7.38. The molecule has 2 aliphatic carbocycles. The van der Waals surface area contributed by atoms with E-state index < -0.39 is 0 Å². The first-order valence-electron chi connectivity index (χ1n) is 8.50. The Kier molecular flexibility index (Phi) is 4.38. The SMILES string of the molecule is Cl.O=C1CC(NC(=O)[C@@]23CCCC[C@H]2CNC3)CN1C1CC1. The van der Waals surface area contributed by atoms with Gasteiger partial charge in [0.25, 0.3) is 0 Å². The van der Waals surface area contributed by atoms with Crippen LogP contribution >= 0.6 is 12.4 Å². The molecule has 0 aromatic carbocycles. The van der Waals surface area contributed by atoms with Crippen LogP contribution < -0.4 is 10.6 Å². The first-order valence-corrected chi connectivity index (χ1v) is 8.50. The summed E-state index contributed by atoms with van der Waals surface area (Å²) in [5.41, 5.74) is -0.200. The standard InChI is InChI=1S/C16H25N3O2.ClH/c20-14-7-12(9-19(14)13-4-5-13)18-15(21)16-6-2-1-3-11(16)8-17-10-16;/h11-13,17H,1-10H2,(H,18,21);1H/t11-,12?,16+;/m0./s1. The van der Waals surface area contributed by atoms with Gasteiger partial charge < -0.3 is 15.5 Å². The molecule has 2 heterocycles. The smallest absolute Gasteiger partial charge is 0.228 e. The molecule has 124 valence electrons. The van der Waals surface area contributed by atoms with Crippen molar-refractivity contribution in [3.8, 4) is 0 Å². The Morgan fingerprint density at radius 3 is 2.86 bits per heavy atom. The Balaban J connectivity index is 0.00000144. The maximum absolute atomic E-state index is 12.9. The lowest BCUT2D eigenvalue weighted by Crippen LogP contribution is -2.51. The first kappa shape index (κ1) is 16.1. The third kappa shape index (κ3) is 2.62. The van der Waals surface area contributed by atoms with Crippen LogP contribution in [0.3, 0.4) is 0 Å². The van der Waals surface area contributed by atoms with Crippen LogP contribution in [-0.2, 0) is 9.59 Å². The number of nitrogens with zero attached hydrogens (tertiary/aromatic N) is 1. The predicted octanol–water partition coefficient (Wildman–Crippen LogP) is 1.07. The fourth-order valence-corrected chi connectivity index (χ4v) is 4.59. The molecule has 6 heteroatoms. The van der Waals surface area contributed by atoms with E-state index in [1.807, 2.05) is 4.90 Å². The van der Waals surface area contributed by atoms with E-state index in [4.69, 9.17) is 0 Å². The van der Waals surface area contributed by atoms with Crippen LogP contribution in [0.25, 0.3) is 0 Å². The molecule has 22 heavy (non-hydrogen) atoms. The zero-order chi connectivity index (χ0) is 14.4. The lowest BCUT2D eigenvalue weighted by atomic mass is 9.67. The summed E-state index contributed by atoms with van der Waals surface area (Å²) in [6, 6.07) is 0.497. The second-order valence-electron chi connectivity index (χ2n) is 7.38. The Labute approximate surface area is 138 Å². The molecule has 2 aliphatic heterocycles. The molecule has 0 radical (unpaired) electrons. The van der Waals surface area contributed by atoms with Gasteiger partial charge in [0, 0.05) is 25.6 Å². The maximum Gasteiger partial charge on any atom is 0.228 e. The number of hydrogen-bond donors (Lipinski definition) is 2. The van der Waals surface area contributed by atoms with Crippen molar-refractivity contribution in [3.05, 3.63) is 0 Å². The zero-order valence-corrected chi connectivity index (χ0v) is 13.8. The van der Waals surface area contributed by atoms with Gasteiger partial charge in [-0.1, -0.05) is 12.8 Å². The number of halogens is 1. The van der Waals surface area contributed by atoms with Gasteiger partial charge in [-0.25, -0.2) is 0 Å². The number of nitrogens with one attached hydrogen (secondary N) is 2. The Morgan fingerprint density at radius 1 is 1.27 bits per heavy atom. The zero-order valence-electron chi connectivity index (χ0n) is 13.0. The van der Waals surface area contributed by atoms with Crippen LogP contribution in [0.4, 0.5) is 0 Å². The molecule has 0 bridgehead atoms. The average molecular weight is 328 g/mol. The Bertz CT molecular complexity index is 468. The number of carbonyl (C=O) groups is 2. The molecule has 1 unspecified atom stereocenters. The maximum atomic E-state index is 12.9. The number of amides is 2. The lowest BCUT2D eigenvalue weighted by Gasteiger charge is -2.37. The van der Waals surface area contributed by atoms with E-state index in [2.05, 4.69) is 10.6 Å². The summed E-state index contributed by atoms with van der Waals surface area (Å²) in [6.07, 6.45) is 7.35. The van der Waals surface area contributed by atoms with Crippen molar-refractivity contribution in [2.24, 2.45) is 11.3 Å². The molecule has 0 aromatic rings. The van der Waals surface area contributed by atoms with Gasteiger partial charge in [0.2, 0.25) is 11.8 Å². The highest BCUT2D eigenvalue weighted by Gasteiger charge is 2.51. The van der Waals surface area contributed by atoms with Gasteiger partial charge in [-0.05, 0) is 38.1 Å². The molecular formula is C16H26ClN3O2. The quantitative estimate of drug-likeness (QED) is 0.815. The molecule has 4 rings (SSSR count). The van der Waals surface area contributed by atoms with Crippen LogP contribution in [0.5, 0.6) is 0 Å². The number of fused-ring (bicyclic) bond motifs is 1. The Morgan fingerprint density at radius 2 is 2.09 bits per heavy atom. The molecule has 4 fully saturated rings. The highest BCUT2D eigenvalue weighted by atomic mass is 35.5. The van der Waals surface area contributed by atoms with Crippen molar-refractivity contribution >= 4 is 24.2 Å². The molecule has 2 saturated carbocycles. The second kappa shape index (κ2) is 6.00. The highest BCUT2D eigenvalue weighted by molar-refractivity contribution is 5.86. The first-order chi connectivity index (χ1) is 10.2. The predicted molar refractivity (Wildman–Crippen MR) is 85.8 cm³/mol. The van der Waals surface area contributed by atoms with E-state index in [9.17, 15) is 9.59 Å². The molecule has 5 nitrogen and oxygen atoms in total. The third-order valence-corrected chi connectivity index (χ3v) is 5.97. The van der Waals surface area contributed by atoms with E-state index in [0.717, 1.165) is 51.7 Å². The van der Waals surface area contributed by atoms with Gasteiger partial charge in [-0.3, -0.25) is 9.59 Å². The van der Waals surface area contributed by atoms with Crippen LogP contribution in [-0.4, -0.2) is 48.4 Å². The number of hydrogen-bond acceptors (Lipinski definition) is 3. The number of rotatable bonds is 3. The van der Waals surface area contributed by atoms with Gasteiger partial charge in [-0.15, -0.1) is 12.4 Å². The van der Waals surface area contributed by atoms with Crippen molar-refractivity contribution < 1.29 is 9.59 Å². The van der Waals surface area contributed by atoms with E-state index >= 15 is 0 Å². The van der Waals surface area contributed by atoms with Crippen LogP contribution in [0, 0.1) is 11.3 Å². The summed E-state index contributed by atoms with van der Waals surface area (Å²) in [4.78, 5) is 26.9. The molecule has 2 saturated heterocycles. The highest BCUT2D eigenvalue weighted by Crippen LogP contribution is 2.44. The minimum Gasteiger partial charge on any atom is -0.351 e. The molecule has 3 atom stereocenters. The summed E-state index contributed by atoms with van der Waals surface area (Å²) in [7, 11) is 0. The van der Waals surface area contributed by atoms with E-state index in [1.165, 1.54) is 6.42 Å². The summed E-state index contributed by atoms with van der Waals surface area (Å²) in [5.74, 6) is 0.917. The van der Waals surface area contributed by atoms with E-state index in [-0.39, 0.29) is 35.7 Å². The van der Waals surface area contributed by atoms with Crippen molar-refractivity contribution in [1.29, 1.82) is 0 Å². The van der Waals surface area contributed by atoms with Gasteiger partial charge >= 0.3 is 0 Å². The van der Waals surface area contributed by atoms with Gasteiger partial charge in [0.05, 0.1) is 11.5 Å². The minimum absolute atomic E-state index is 0. The van der Waals surface area contributed by atoms with E-state index in [1.54, 1.807) is 0 Å². The third-order valence-electron chi connectivity index (χ3n) is 5.97. The molecule has 2 amide bonds. The molecule has 4 aliphatic rings. The van der Waals surface area contributed by atoms with Gasteiger partial charge in [0.15, 0.2) is 0 Å². The van der Waals surface area contributed by atoms with Crippen LogP contribution in [0.15, 0.2) is 0 Å². The minimum atomic E-state index is -0.200.